The molecular weight excluding hydrogens is 308 g/mol. The van der Waals surface area contributed by atoms with Gasteiger partial charge in [-0.05, 0) is 37.5 Å². The monoisotopic (exact) mass is 326 g/mol. The van der Waals surface area contributed by atoms with E-state index in [9.17, 15) is 9.59 Å². The number of ether oxygens (including phenoxy) is 1. The molecule has 0 atom stereocenters. The molecule has 2 heterocycles. The Morgan fingerprint density at radius 1 is 1.29 bits per heavy atom. The molecule has 124 valence electrons. The average molecular weight is 326 g/mol. The number of benzene rings is 1. The summed E-state index contributed by atoms with van der Waals surface area (Å²) in [6, 6.07) is 7.29. The van der Waals surface area contributed by atoms with Gasteiger partial charge in [0.15, 0.2) is 0 Å². The van der Waals surface area contributed by atoms with Crippen LogP contribution < -0.4 is 16.0 Å². The molecule has 1 saturated carbocycles. The van der Waals surface area contributed by atoms with E-state index in [2.05, 4.69) is 10.1 Å². The molecule has 7 heteroatoms. The van der Waals surface area contributed by atoms with E-state index in [0.29, 0.717) is 22.7 Å². The SMILES string of the molecule is COc1ccc2c(=O)n(Cc3ccnn3C3CCC3)c(=O)[nH]c2c1. The highest BCUT2D eigenvalue weighted by atomic mass is 16.5. The lowest BCUT2D eigenvalue weighted by atomic mass is 9.93. The quantitative estimate of drug-likeness (QED) is 0.790. The Bertz CT molecular complexity index is 1010. The number of aromatic nitrogens is 4. The topological polar surface area (TPSA) is 81.9 Å². The summed E-state index contributed by atoms with van der Waals surface area (Å²) in [5.41, 5.74) is 0.619. The number of H-pyrrole nitrogens is 1. The fraction of sp³-hybridized carbons (Fsp3) is 0.353. The number of nitrogens with one attached hydrogen (secondary N) is 1. The summed E-state index contributed by atoms with van der Waals surface area (Å²) < 4.78 is 8.30. The Morgan fingerprint density at radius 3 is 2.83 bits per heavy atom. The van der Waals surface area contributed by atoms with E-state index in [1.165, 1.54) is 11.0 Å². The van der Waals surface area contributed by atoms with Crippen molar-refractivity contribution in [2.75, 3.05) is 7.11 Å². The molecule has 0 saturated heterocycles. The number of hydrogen-bond acceptors (Lipinski definition) is 4. The van der Waals surface area contributed by atoms with Gasteiger partial charge in [-0.3, -0.25) is 14.0 Å². The molecule has 0 unspecified atom stereocenters. The molecule has 1 fully saturated rings. The van der Waals surface area contributed by atoms with Crippen LogP contribution in [0.15, 0.2) is 40.1 Å². The maximum Gasteiger partial charge on any atom is 0.329 e. The van der Waals surface area contributed by atoms with Crippen LogP contribution in [0.3, 0.4) is 0 Å². The third kappa shape index (κ3) is 2.33. The van der Waals surface area contributed by atoms with Gasteiger partial charge in [0.1, 0.15) is 5.75 Å². The van der Waals surface area contributed by atoms with Crippen molar-refractivity contribution in [1.29, 1.82) is 0 Å². The number of nitrogens with zero attached hydrogens (tertiary/aromatic N) is 3. The molecule has 1 aliphatic rings. The summed E-state index contributed by atoms with van der Waals surface area (Å²) >= 11 is 0. The van der Waals surface area contributed by atoms with E-state index in [4.69, 9.17) is 4.74 Å². The van der Waals surface area contributed by atoms with Gasteiger partial charge >= 0.3 is 5.69 Å². The molecule has 0 radical (unpaired) electrons. The number of methoxy groups -OCH3 is 1. The molecular formula is C17H18N4O3. The molecule has 7 nitrogen and oxygen atoms in total. The van der Waals surface area contributed by atoms with Gasteiger partial charge in [0, 0.05) is 12.3 Å². The highest BCUT2D eigenvalue weighted by Gasteiger charge is 2.22. The minimum Gasteiger partial charge on any atom is -0.497 e. The largest absolute Gasteiger partial charge is 0.497 e. The van der Waals surface area contributed by atoms with Crippen molar-refractivity contribution in [1.82, 2.24) is 19.3 Å². The van der Waals surface area contributed by atoms with Crippen molar-refractivity contribution in [3.05, 3.63) is 57.0 Å². The van der Waals surface area contributed by atoms with Crippen LogP contribution >= 0.6 is 0 Å². The first-order valence-electron chi connectivity index (χ1n) is 8.00. The lowest BCUT2D eigenvalue weighted by Gasteiger charge is -2.27. The molecule has 0 bridgehead atoms. The van der Waals surface area contributed by atoms with Gasteiger partial charge in [-0.25, -0.2) is 4.79 Å². The van der Waals surface area contributed by atoms with Crippen LogP contribution in [0, 0.1) is 0 Å². The first kappa shape index (κ1) is 14.7. The van der Waals surface area contributed by atoms with E-state index in [-0.39, 0.29) is 12.1 Å². The van der Waals surface area contributed by atoms with Gasteiger partial charge in [0.05, 0.1) is 36.3 Å². The fourth-order valence-electron chi connectivity index (χ4n) is 3.09. The molecule has 0 spiro atoms. The number of fused-ring (bicyclic) bond motifs is 1. The van der Waals surface area contributed by atoms with E-state index < -0.39 is 5.69 Å². The normalized spacial score (nSPS) is 14.7. The molecule has 0 aliphatic heterocycles. The molecule has 3 aromatic rings. The van der Waals surface area contributed by atoms with E-state index in [0.717, 1.165) is 18.5 Å². The second-order valence-electron chi connectivity index (χ2n) is 6.08. The lowest BCUT2D eigenvalue weighted by Crippen LogP contribution is -2.36. The Kier molecular flexibility index (Phi) is 3.48. The number of hydrogen-bond donors (Lipinski definition) is 1. The van der Waals surface area contributed by atoms with Crippen molar-refractivity contribution in [2.45, 2.75) is 31.8 Å². The van der Waals surface area contributed by atoms with Gasteiger partial charge in [-0.15, -0.1) is 0 Å². The predicted molar refractivity (Wildman–Crippen MR) is 89.6 cm³/mol. The maximum atomic E-state index is 12.7. The number of aromatic amines is 1. The van der Waals surface area contributed by atoms with E-state index in [1.807, 2.05) is 10.7 Å². The Morgan fingerprint density at radius 2 is 2.12 bits per heavy atom. The maximum absolute atomic E-state index is 12.7. The summed E-state index contributed by atoms with van der Waals surface area (Å²) in [6.45, 7) is 0.215. The van der Waals surface area contributed by atoms with Crippen molar-refractivity contribution in [3.63, 3.8) is 0 Å². The summed E-state index contributed by atoms with van der Waals surface area (Å²) in [6.07, 6.45) is 5.11. The van der Waals surface area contributed by atoms with Crippen molar-refractivity contribution in [2.24, 2.45) is 0 Å². The van der Waals surface area contributed by atoms with Gasteiger partial charge in [0.25, 0.3) is 5.56 Å². The predicted octanol–water partition coefficient (Wildman–Crippen LogP) is 1.67. The van der Waals surface area contributed by atoms with Crippen molar-refractivity contribution < 1.29 is 4.74 Å². The zero-order valence-electron chi connectivity index (χ0n) is 13.4. The third-order valence-electron chi connectivity index (χ3n) is 4.68. The van der Waals surface area contributed by atoms with Crippen LogP contribution in [0.5, 0.6) is 5.75 Å². The minimum absolute atomic E-state index is 0.215. The smallest absolute Gasteiger partial charge is 0.329 e. The Labute approximate surface area is 137 Å². The molecule has 24 heavy (non-hydrogen) atoms. The summed E-state index contributed by atoms with van der Waals surface area (Å²) in [7, 11) is 1.54. The Hall–Kier alpha value is -2.83. The minimum atomic E-state index is -0.429. The second kappa shape index (κ2) is 5.67. The molecule has 1 N–H and O–H groups in total. The standard InChI is InChI=1S/C17H18N4O3/c1-24-13-5-6-14-15(9-13)19-17(23)20(16(14)22)10-12-7-8-18-21(12)11-3-2-4-11/h5-9,11H,2-4,10H2,1H3,(H,19,23). The zero-order chi connectivity index (χ0) is 16.7. The first-order valence-corrected chi connectivity index (χ1v) is 8.00. The molecule has 1 aromatic carbocycles. The van der Waals surface area contributed by atoms with Gasteiger partial charge in [0.2, 0.25) is 0 Å². The summed E-state index contributed by atoms with van der Waals surface area (Å²) in [4.78, 5) is 27.9. The second-order valence-corrected chi connectivity index (χ2v) is 6.08. The van der Waals surface area contributed by atoms with Crippen LogP contribution in [0.4, 0.5) is 0 Å². The average Bonchev–Trinajstić information content (AvgIpc) is 2.97. The van der Waals surface area contributed by atoms with Crippen LogP contribution in [0.2, 0.25) is 0 Å². The van der Waals surface area contributed by atoms with Gasteiger partial charge < -0.3 is 9.72 Å². The van der Waals surface area contributed by atoms with Crippen LogP contribution in [0.1, 0.15) is 31.0 Å². The fourth-order valence-corrected chi connectivity index (χ4v) is 3.09. The molecule has 1 aliphatic carbocycles. The molecule has 0 amide bonds. The first-order chi connectivity index (χ1) is 11.7. The van der Waals surface area contributed by atoms with Crippen molar-refractivity contribution >= 4 is 10.9 Å². The van der Waals surface area contributed by atoms with Crippen LogP contribution in [0.25, 0.3) is 10.9 Å². The molecule has 2 aromatic heterocycles. The van der Waals surface area contributed by atoms with E-state index in [1.54, 1.807) is 31.5 Å². The number of rotatable bonds is 4. The highest BCUT2D eigenvalue weighted by molar-refractivity contribution is 5.78. The summed E-state index contributed by atoms with van der Waals surface area (Å²) in [5, 5.41) is 4.81. The Balaban J connectivity index is 1.78. The van der Waals surface area contributed by atoms with Crippen LogP contribution in [-0.2, 0) is 6.54 Å². The van der Waals surface area contributed by atoms with Crippen molar-refractivity contribution in [3.8, 4) is 5.75 Å². The van der Waals surface area contributed by atoms with E-state index >= 15 is 0 Å². The van der Waals surface area contributed by atoms with Gasteiger partial charge in [-0.2, -0.15) is 5.10 Å². The lowest BCUT2D eigenvalue weighted by molar-refractivity contribution is 0.280. The van der Waals surface area contributed by atoms with Crippen LogP contribution in [-0.4, -0.2) is 26.4 Å². The highest BCUT2D eigenvalue weighted by Crippen LogP contribution is 2.31. The van der Waals surface area contributed by atoms with Gasteiger partial charge in [-0.1, -0.05) is 0 Å². The molecule has 4 rings (SSSR count). The third-order valence-corrected chi connectivity index (χ3v) is 4.68. The summed E-state index contributed by atoms with van der Waals surface area (Å²) in [5.74, 6) is 0.596. The zero-order valence-corrected chi connectivity index (χ0v) is 13.4.